The van der Waals surface area contributed by atoms with Crippen LogP contribution in [0.25, 0.3) is 0 Å². The molecule has 0 unspecified atom stereocenters. The van der Waals surface area contributed by atoms with Crippen molar-refractivity contribution in [2.75, 3.05) is 39.5 Å². The number of hydrogen-bond donors (Lipinski definition) is 2. The summed E-state index contributed by atoms with van der Waals surface area (Å²) in [6, 6.07) is 9.75. The fourth-order valence-corrected chi connectivity index (χ4v) is 3.16. The van der Waals surface area contributed by atoms with Gasteiger partial charge in [0.05, 0.1) is 25.2 Å². The van der Waals surface area contributed by atoms with Gasteiger partial charge in [0.15, 0.2) is 0 Å². The molecule has 0 radical (unpaired) electrons. The van der Waals surface area contributed by atoms with Crippen LogP contribution in [0.15, 0.2) is 30.3 Å². The van der Waals surface area contributed by atoms with E-state index in [2.05, 4.69) is 0 Å². The maximum absolute atomic E-state index is 12.5. The molecule has 2 N–H and O–H groups in total. The molecule has 2 atom stereocenters. The third-order valence-electron chi connectivity index (χ3n) is 4.34. The fraction of sp³-hybridized carbons (Fsp3) is 0.588. The van der Waals surface area contributed by atoms with Crippen LogP contribution < -0.4 is 0 Å². The van der Waals surface area contributed by atoms with Crippen LogP contribution in [-0.2, 0) is 14.9 Å². The van der Waals surface area contributed by atoms with Crippen molar-refractivity contribution in [1.29, 1.82) is 0 Å². The smallest absolute Gasteiger partial charge is 0.316 e. The van der Waals surface area contributed by atoms with Gasteiger partial charge in [0.25, 0.3) is 0 Å². The molecule has 0 saturated heterocycles. The molecule has 22 heavy (non-hydrogen) atoms. The summed E-state index contributed by atoms with van der Waals surface area (Å²) in [5, 5.41) is 18.2. The number of aliphatic hydroxyl groups is 2. The van der Waals surface area contributed by atoms with E-state index in [1.165, 1.54) is 0 Å². The SMILES string of the molecule is CCOC(=O)[C@]1(c2ccccc2)C[C@@H]1CN(CCO)CCO. The lowest BCUT2D eigenvalue weighted by Gasteiger charge is -2.23. The molecule has 0 aromatic heterocycles. The first kappa shape index (κ1) is 16.9. The zero-order valence-corrected chi connectivity index (χ0v) is 13.1. The Bertz CT molecular complexity index is 473. The van der Waals surface area contributed by atoms with Crippen LogP contribution in [0.3, 0.4) is 0 Å². The molecule has 1 saturated carbocycles. The first-order chi connectivity index (χ1) is 10.7. The Kier molecular flexibility index (Phi) is 5.94. The van der Waals surface area contributed by atoms with E-state index in [1.54, 1.807) is 0 Å². The molecule has 0 aliphatic heterocycles. The number of esters is 1. The lowest BCUT2D eigenvalue weighted by Crippen LogP contribution is -2.35. The number of carbonyl (C=O) groups excluding carboxylic acids is 1. The lowest BCUT2D eigenvalue weighted by molar-refractivity contribution is -0.146. The quantitative estimate of drug-likeness (QED) is 0.660. The maximum Gasteiger partial charge on any atom is 0.316 e. The Morgan fingerprint density at radius 3 is 2.45 bits per heavy atom. The summed E-state index contributed by atoms with van der Waals surface area (Å²) in [6.45, 7) is 3.97. The van der Waals surface area contributed by atoms with E-state index < -0.39 is 5.41 Å². The van der Waals surface area contributed by atoms with Gasteiger partial charge in [0, 0.05) is 19.6 Å². The highest BCUT2D eigenvalue weighted by Crippen LogP contribution is 2.55. The molecule has 0 spiro atoms. The van der Waals surface area contributed by atoms with Crippen molar-refractivity contribution in [2.24, 2.45) is 5.92 Å². The van der Waals surface area contributed by atoms with Crippen LogP contribution in [0, 0.1) is 5.92 Å². The third-order valence-corrected chi connectivity index (χ3v) is 4.34. The maximum atomic E-state index is 12.5. The number of ether oxygens (including phenoxy) is 1. The molecule has 1 aliphatic carbocycles. The number of hydrogen-bond acceptors (Lipinski definition) is 5. The zero-order chi connectivity index (χ0) is 16.0. The summed E-state index contributed by atoms with van der Waals surface area (Å²) in [5.74, 6) is -0.00815. The number of rotatable bonds is 9. The Hall–Kier alpha value is -1.43. The normalized spacial score (nSPS) is 23.5. The monoisotopic (exact) mass is 307 g/mol. The average Bonchev–Trinajstić information content (AvgIpc) is 3.24. The summed E-state index contributed by atoms with van der Waals surface area (Å²) in [7, 11) is 0. The summed E-state index contributed by atoms with van der Waals surface area (Å²) in [6.07, 6.45) is 0.753. The van der Waals surface area contributed by atoms with E-state index in [4.69, 9.17) is 14.9 Å². The van der Waals surface area contributed by atoms with Gasteiger partial charge in [-0.3, -0.25) is 9.69 Å². The fourth-order valence-electron chi connectivity index (χ4n) is 3.16. The van der Waals surface area contributed by atoms with Crippen molar-refractivity contribution in [1.82, 2.24) is 4.90 Å². The van der Waals surface area contributed by atoms with Gasteiger partial charge in [-0.1, -0.05) is 30.3 Å². The minimum Gasteiger partial charge on any atom is -0.465 e. The van der Waals surface area contributed by atoms with Crippen molar-refractivity contribution in [3.8, 4) is 0 Å². The second-order valence-corrected chi connectivity index (χ2v) is 5.71. The third kappa shape index (κ3) is 3.48. The molecule has 1 aliphatic rings. The summed E-state index contributed by atoms with van der Waals surface area (Å²) < 4.78 is 5.30. The molecule has 0 amide bonds. The van der Waals surface area contributed by atoms with Gasteiger partial charge in [-0.05, 0) is 24.8 Å². The summed E-state index contributed by atoms with van der Waals surface area (Å²) in [5.41, 5.74) is 0.423. The Morgan fingerprint density at radius 1 is 1.27 bits per heavy atom. The largest absolute Gasteiger partial charge is 0.465 e. The van der Waals surface area contributed by atoms with Crippen molar-refractivity contribution in [3.63, 3.8) is 0 Å². The predicted molar refractivity (Wildman–Crippen MR) is 83.5 cm³/mol. The standard InChI is InChI=1S/C17H25NO4/c1-2-22-16(21)17(14-6-4-3-5-7-14)12-15(17)13-18(8-10-19)9-11-20/h3-7,15,19-20H,2,8-13H2,1H3/t15-,17+/m1/s1. The molecular weight excluding hydrogens is 282 g/mol. The molecular formula is C17H25NO4. The van der Waals surface area contributed by atoms with Gasteiger partial charge in [-0.2, -0.15) is 0 Å². The van der Waals surface area contributed by atoms with Crippen LogP contribution >= 0.6 is 0 Å². The van der Waals surface area contributed by atoms with Crippen LogP contribution in [0.5, 0.6) is 0 Å². The van der Waals surface area contributed by atoms with E-state index in [9.17, 15) is 4.79 Å². The number of carbonyl (C=O) groups is 1. The first-order valence-corrected chi connectivity index (χ1v) is 7.85. The van der Waals surface area contributed by atoms with Gasteiger partial charge in [-0.25, -0.2) is 0 Å². The lowest BCUT2D eigenvalue weighted by atomic mass is 9.93. The topological polar surface area (TPSA) is 70.0 Å². The summed E-state index contributed by atoms with van der Waals surface area (Å²) >= 11 is 0. The van der Waals surface area contributed by atoms with Crippen LogP contribution in [0.4, 0.5) is 0 Å². The van der Waals surface area contributed by atoms with E-state index in [1.807, 2.05) is 42.2 Å². The van der Waals surface area contributed by atoms with Crippen LogP contribution in [0.1, 0.15) is 18.9 Å². The van der Waals surface area contributed by atoms with Crippen molar-refractivity contribution < 1.29 is 19.7 Å². The van der Waals surface area contributed by atoms with E-state index in [-0.39, 0.29) is 25.1 Å². The molecule has 1 fully saturated rings. The Morgan fingerprint density at radius 2 is 1.91 bits per heavy atom. The van der Waals surface area contributed by atoms with Gasteiger partial charge < -0.3 is 14.9 Å². The highest BCUT2D eigenvalue weighted by Gasteiger charge is 2.62. The molecule has 0 bridgehead atoms. The molecule has 1 aromatic carbocycles. The minimum atomic E-state index is -0.569. The van der Waals surface area contributed by atoms with E-state index >= 15 is 0 Å². The minimum absolute atomic E-state index is 0.0461. The highest BCUT2D eigenvalue weighted by molar-refractivity contribution is 5.87. The second-order valence-electron chi connectivity index (χ2n) is 5.71. The molecule has 122 valence electrons. The average molecular weight is 307 g/mol. The molecule has 2 rings (SSSR count). The van der Waals surface area contributed by atoms with Crippen molar-refractivity contribution in [3.05, 3.63) is 35.9 Å². The highest BCUT2D eigenvalue weighted by atomic mass is 16.5. The van der Waals surface area contributed by atoms with Crippen LogP contribution in [-0.4, -0.2) is 60.5 Å². The molecule has 1 aromatic rings. The molecule has 5 heteroatoms. The van der Waals surface area contributed by atoms with Gasteiger partial charge in [0.1, 0.15) is 0 Å². The van der Waals surface area contributed by atoms with Gasteiger partial charge in [-0.15, -0.1) is 0 Å². The molecule has 5 nitrogen and oxygen atoms in total. The van der Waals surface area contributed by atoms with E-state index in [0.29, 0.717) is 26.2 Å². The van der Waals surface area contributed by atoms with E-state index in [0.717, 1.165) is 12.0 Å². The molecule has 0 heterocycles. The Balaban J connectivity index is 2.14. The number of aliphatic hydroxyl groups excluding tert-OH is 2. The zero-order valence-electron chi connectivity index (χ0n) is 13.1. The Labute approximate surface area is 131 Å². The second kappa shape index (κ2) is 7.72. The van der Waals surface area contributed by atoms with Crippen molar-refractivity contribution in [2.45, 2.75) is 18.8 Å². The number of benzene rings is 1. The van der Waals surface area contributed by atoms with Crippen LogP contribution in [0.2, 0.25) is 0 Å². The van der Waals surface area contributed by atoms with Gasteiger partial charge >= 0.3 is 5.97 Å². The summed E-state index contributed by atoms with van der Waals surface area (Å²) in [4.78, 5) is 14.5. The van der Waals surface area contributed by atoms with Gasteiger partial charge in [0.2, 0.25) is 0 Å². The number of nitrogens with zero attached hydrogens (tertiary/aromatic N) is 1. The van der Waals surface area contributed by atoms with Crippen molar-refractivity contribution >= 4 is 5.97 Å². The first-order valence-electron chi connectivity index (χ1n) is 7.85. The predicted octanol–water partition coefficient (Wildman–Crippen LogP) is 0.794.